The van der Waals surface area contributed by atoms with Gasteiger partial charge in [0.15, 0.2) is 14.6 Å². The smallest absolute Gasteiger partial charge is 0.414 e. The number of carbonyl (C=O) groups excluding carboxylic acids is 2. The van der Waals surface area contributed by atoms with Crippen LogP contribution < -0.4 is 10.4 Å². The van der Waals surface area contributed by atoms with Crippen LogP contribution in [0.25, 0.3) is 0 Å². The number of hydrogen-bond acceptors (Lipinski definition) is 7. The van der Waals surface area contributed by atoms with E-state index in [0.29, 0.717) is 17.9 Å². The first-order chi connectivity index (χ1) is 14.1. The molecule has 1 heterocycles. The van der Waals surface area contributed by atoms with Crippen LogP contribution in [0, 0.1) is 23.7 Å². The second kappa shape index (κ2) is 9.63. The first-order valence-corrected chi connectivity index (χ1v) is 10.7. The summed E-state index contributed by atoms with van der Waals surface area (Å²) in [5.74, 6) is 9.81. The highest BCUT2D eigenvalue weighted by Crippen LogP contribution is 2.30. The summed E-state index contributed by atoms with van der Waals surface area (Å²) in [6, 6.07) is 6.76. The Labute approximate surface area is 175 Å². The van der Waals surface area contributed by atoms with Crippen LogP contribution in [0.15, 0.2) is 24.3 Å². The lowest BCUT2D eigenvalue weighted by Gasteiger charge is -2.26. The van der Waals surface area contributed by atoms with Crippen molar-refractivity contribution in [2.75, 3.05) is 31.4 Å². The monoisotopic (exact) mass is 434 g/mol. The number of ether oxygens (including phenoxy) is 2. The van der Waals surface area contributed by atoms with Gasteiger partial charge in [-0.05, 0) is 43.0 Å². The Morgan fingerprint density at radius 3 is 2.60 bits per heavy atom. The summed E-state index contributed by atoms with van der Waals surface area (Å²) >= 11 is 0. The van der Waals surface area contributed by atoms with Gasteiger partial charge < -0.3 is 9.47 Å². The van der Waals surface area contributed by atoms with Crippen LogP contribution in [0.3, 0.4) is 0 Å². The Morgan fingerprint density at radius 1 is 1.37 bits per heavy atom. The number of anilines is 1. The number of hydroxylamine groups is 1. The minimum atomic E-state index is -3.90. The van der Waals surface area contributed by atoms with Crippen LogP contribution in [-0.4, -0.2) is 63.0 Å². The van der Waals surface area contributed by atoms with E-state index >= 15 is 0 Å². The summed E-state index contributed by atoms with van der Waals surface area (Å²) in [4.78, 5) is 25.6. The molecule has 0 radical (unpaired) electrons. The van der Waals surface area contributed by atoms with Crippen molar-refractivity contribution in [1.82, 2.24) is 5.48 Å². The van der Waals surface area contributed by atoms with E-state index in [9.17, 15) is 18.0 Å². The van der Waals surface area contributed by atoms with Crippen molar-refractivity contribution in [3.63, 3.8) is 0 Å². The summed E-state index contributed by atoms with van der Waals surface area (Å²) in [7, 11) is -2.36. The van der Waals surface area contributed by atoms with Crippen LogP contribution >= 0.6 is 0 Å². The van der Waals surface area contributed by atoms with Crippen LogP contribution in [0.1, 0.15) is 18.9 Å². The quantitative estimate of drug-likeness (QED) is 0.384. The van der Waals surface area contributed by atoms with Gasteiger partial charge in [-0.1, -0.05) is 11.8 Å². The molecule has 1 aromatic carbocycles. The normalized spacial score (nSPS) is 17.7. The second-order valence-corrected chi connectivity index (χ2v) is 9.24. The van der Waals surface area contributed by atoms with Crippen molar-refractivity contribution in [3.8, 4) is 23.7 Å². The molecule has 0 bridgehead atoms. The van der Waals surface area contributed by atoms with Gasteiger partial charge in [-0.25, -0.2) is 18.7 Å². The molecule has 0 unspecified atom stereocenters. The van der Waals surface area contributed by atoms with E-state index in [-0.39, 0.29) is 13.0 Å². The molecule has 30 heavy (non-hydrogen) atoms. The molecule has 1 aliphatic heterocycles. The van der Waals surface area contributed by atoms with Gasteiger partial charge in [-0.2, -0.15) is 0 Å². The van der Waals surface area contributed by atoms with Crippen molar-refractivity contribution in [3.05, 3.63) is 29.8 Å². The molecular weight excluding hydrogens is 412 g/mol. The lowest BCUT2D eigenvalue weighted by Crippen LogP contribution is -2.51. The van der Waals surface area contributed by atoms with Crippen molar-refractivity contribution in [2.45, 2.75) is 24.2 Å². The molecule has 1 aliphatic rings. The molecule has 2 amide bonds. The molecule has 0 saturated carbocycles. The maximum absolute atomic E-state index is 12.3. The highest BCUT2D eigenvalue weighted by atomic mass is 32.2. The number of methoxy groups -OCH3 is 1. The Kier molecular flexibility index (Phi) is 7.46. The number of cyclic esters (lactones) is 1. The fourth-order valence-electron chi connectivity index (χ4n) is 2.78. The van der Waals surface area contributed by atoms with Gasteiger partial charge in [0.25, 0.3) is 5.91 Å². The number of nitrogens with one attached hydrogen (secondary N) is 1. The molecule has 2 atom stereocenters. The summed E-state index contributed by atoms with van der Waals surface area (Å²) < 4.78 is 32.3. The average Bonchev–Trinajstić information content (AvgIpc) is 3.06. The molecule has 10 heteroatoms. The third kappa shape index (κ3) is 5.30. The van der Waals surface area contributed by atoms with Crippen LogP contribution in [-0.2, 0) is 24.1 Å². The van der Waals surface area contributed by atoms with Crippen LogP contribution in [0.2, 0.25) is 0 Å². The molecule has 0 spiro atoms. The molecule has 0 aromatic heterocycles. The minimum absolute atomic E-state index is 0.0518. The molecule has 1 aromatic rings. The van der Waals surface area contributed by atoms with Crippen molar-refractivity contribution in [1.29, 1.82) is 0 Å². The zero-order valence-corrected chi connectivity index (χ0v) is 17.6. The maximum Gasteiger partial charge on any atom is 0.414 e. The molecule has 2 N–H and O–H groups in total. The molecular formula is C20H22N2O7S. The fraction of sp³-hybridized carbons (Fsp3) is 0.400. The van der Waals surface area contributed by atoms with E-state index in [0.717, 1.165) is 6.26 Å². The Morgan fingerprint density at radius 2 is 2.03 bits per heavy atom. The van der Waals surface area contributed by atoms with Gasteiger partial charge >= 0.3 is 6.09 Å². The first kappa shape index (κ1) is 23.2. The third-order valence-corrected chi connectivity index (χ3v) is 6.63. The molecule has 160 valence electrons. The van der Waals surface area contributed by atoms with E-state index in [4.69, 9.17) is 14.7 Å². The van der Waals surface area contributed by atoms with E-state index in [1.807, 2.05) is 0 Å². The number of hydrogen-bond donors (Lipinski definition) is 2. The lowest BCUT2D eigenvalue weighted by atomic mass is 10.0. The largest absolute Gasteiger partial charge is 0.444 e. The number of sulfone groups is 1. The first-order valence-electron chi connectivity index (χ1n) is 8.82. The third-order valence-electron chi connectivity index (χ3n) is 4.64. The SMILES string of the molecule is COCC#CC#Cc1ccc(N2C[C@H](C[C@](C)(C(=O)NO)S(C)(=O)=O)OC2=O)cc1. The Hall–Kier alpha value is -3.05. The van der Waals surface area contributed by atoms with Gasteiger partial charge in [-0.15, -0.1) is 0 Å². The van der Waals surface area contributed by atoms with Crippen molar-refractivity contribution >= 4 is 27.5 Å². The van der Waals surface area contributed by atoms with E-state index in [1.165, 1.54) is 24.4 Å². The summed E-state index contributed by atoms with van der Waals surface area (Å²) in [5, 5.41) is 8.91. The van der Waals surface area contributed by atoms with E-state index in [2.05, 4.69) is 23.7 Å². The van der Waals surface area contributed by atoms with Gasteiger partial charge in [0, 0.05) is 31.0 Å². The minimum Gasteiger partial charge on any atom is -0.444 e. The van der Waals surface area contributed by atoms with Crippen molar-refractivity contribution in [2.24, 2.45) is 0 Å². The van der Waals surface area contributed by atoms with Crippen molar-refractivity contribution < 1.29 is 32.7 Å². The molecule has 2 rings (SSSR count). The van der Waals surface area contributed by atoms with Gasteiger partial charge in [0.2, 0.25) is 0 Å². The number of rotatable bonds is 6. The highest BCUT2D eigenvalue weighted by molar-refractivity contribution is 7.92. The zero-order valence-electron chi connectivity index (χ0n) is 16.8. The number of carbonyl (C=O) groups is 2. The van der Waals surface area contributed by atoms with Gasteiger partial charge in [0.1, 0.15) is 12.7 Å². The summed E-state index contributed by atoms with van der Waals surface area (Å²) in [6.07, 6.45) is -0.935. The predicted molar refractivity (Wildman–Crippen MR) is 108 cm³/mol. The Bertz CT molecular complexity index is 1030. The number of nitrogens with zero attached hydrogens (tertiary/aromatic N) is 1. The number of benzene rings is 1. The Balaban J connectivity index is 2.12. The summed E-state index contributed by atoms with van der Waals surface area (Å²) in [6.45, 7) is 1.52. The number of amides is 2. The highest BCUT2D eigenvalue weighted by Gasteiger charge is 2.48. The van der Waals surface area contributed by atoms with E-state index < -0.39 is 32.7 Å². The molecule has 9 nitrogen and oxygen atoms in total. The second-order valence-electron chi connectivity index (χ2n) is 6.80. The summed E-state index contributed by atoms with van der Waals surface area (Å²) in [5.41, 5.74) is 2.60. The molecule has 1 fully saturated rings. The average molecular weight is 434 g/mol. The molecule has 0 aliphatic carbocycles. The van der Waals surface area contributed by atoms with E-state index in [1.54, 1.807) is 24.3 Å². The fourth-order valence-corrected chi connectivity index (χ4v) is 3.66. The standard InChI is InChI=1S/C20H22N2O7S/c1-20(18(23)21-25,30(3,26)27)13-17-14-22(19(24)29-17)16-10-8-15(9-11-16)7-5-4-6-12-28-2/h8-11,17,25H,12-14H2,1-3H3,(H,21,23)/t17-,20+/m0/s1. The molecule has 1 saturated heterocycles. The predicted octanol–water partition coefficient (Wildman–Crippen LogP) is 0.712. The van der Waals surface area contributed by atoms with Crippen LogP contribution in [0.4, 0.5) is 10.5 Å². The zero-order chi connectivity index (χ0) is 22.4. The lowest BCUT2D eigenvalue weighted by molar-refractivity contribution is -0.132. The van der Waals surface area contributed by atoms with Crippen LogP contribution in [0.5, 0.6) is 0 Å². The topological polar surface area (TPSA) is 122 Å². The maximum atomic E-state index is 12.3. The van der Waals surface area contributed by atoms with Gasteiger partial charge in [0.05, 0.1) is 6.54 Å². The van der Waals surface area contributed by atoms with Gasteiger partial charge in [-0.3, -0.25) is 14.9 Å².